The van der Waals surface area contributed by atoms with Crippen molar-refractivity contribution in [3.8, 4) is 11.5 Å². The van der Waals surface area contributed by atoms with Crippen LogP contribution in [0.3, 0.4) is 0 Å². The molecule has 4 rings (SSSR count). The first-order valence-electron chi connectivity index (χ1n) is 15.0. The maximum absolute atomic E-state index is 13.6. The van der Waals surface area contributed by atoms with E-state index in [0.29, 0.717) is 54.0 Å². The highest BCUT2D eigenvalue weighted by Crippen LogP contribution is 2.46. The predicted molar refractivity (Wildman–Crippen MR) is 166 cm³/mol. The number of allylic oxidation sites excluding steroid dienone is 1. The summed E-state index contributed by atoms with van der Waals surface area (Å²) in [7, 11) is 0. The first kappa shape index (κ1) is 33.2. The fourth-order valence-corrected chi connectivity index (χ4v) is 6.51. The Morgan fingerprint density at radius 2 is 1.84 bits per heavy atom. The van der Waals surface area contributed by atoms with E-state index in [1.807, 2.05) is 43.3 Å². The van der Waals surface area contributed by atoms with Crippen LogP contribution in [0.2, 0.25) is 5.02 Å². The van der Waals surface area contributed by atoms with Crippen LogP contribution < -0.4 is 4.74 Å². The zero-order chi connectivity index (χ0) is 31.8. The molecule has 2 aliphatic rings. The number of carbonyl (C=O) groups excluding carboxylic acids is 2. The van der Waals surface area contributed by atoms with Crippen molar-refractivity contribution in [2.45, 2.75) is 58.0 Å². The maximum Gasteiger partial charge on any atom is 0.303 e. The monoisotopic (exact) mass is 625 g/mol. The van der Waals surface area contributed by atoms with E-state index in [1.54, 1.807) is 12.1 Å². The SMILES string of the molecule is C/C(=C\c1ccc(O)cc1Cl)CC[C@@H](O)C1=C(COc2ccccc2)C[C@H]2C(=O)N(CCCCCC(=O)O)C(=O)[C@H]2[C@H]1CO. The second-order valence-corrected chi connectivity index (χ2v) is 12.0. The smallest absolute Gasteiger partial charge is 0.303 e. The highest BCUT2D eigenvalue weighted by atomic mass is 35.5. The van der Waals surface area contributed by atoms with Crippen molar-refractivity contribution in [3.63, 3.8) is 0 Å². The number of benzene rings is 2. The summed E-state index contributed by atoms with van der Waals surface area (Å²) in [5, 5.41) is 41.1. The molecule has 2 amide bonds. The van der Waals surface area contributed by atoms with Crippen molar-refractivity contribution in [2.24, 2.45) is 17.8 Å². The molecule has 0 radical (unpaired) electrons. The van der Waals surface area contributed by atoms with Gasteiger partial charge < -0.3 is 25.2 Å². The molecule has 4 atom stereocenters. The summed E-state index contributed by atoms with van der Waals surface area (Å²) in [5.41, 5.74) is 2.92. The third kappa shape index (κ3) is 8.08. The van der Waals surface area contributed by atoms with E-state index in [9.17, 15) is 29.7 Å². The van der Waals surface area contributed by atoms with Crippen molar-refractivity contribution in [1.29, 1.82) is 0 Å². The lowest BCUT2D eigenvalue weighted by molar-refractivity contribution is -0.141. The van der Waals surface area contributed by atoms with Crippen molar-refractivity contribution < 1.29 is 39.5 Å². The van der Waals surface area contributed by atoms with Crippen LogP contribution in [-0.2, 0) is 14.4 Å². The van der Waals surface area contributed by atoms with Gasteiger partial charge in [-0.15, -0.1) is 0 Å². The van der Waals surface area contributed by atoms with Crippen LogP contribution in [0.5, 0.6) is 11.5 Å². The molecule has 4 N–H and O–H groups in total. The molecule has 1 saturated heterocycles. The number of carboxylic acids is 1. The van der Waals surface area contributed by atoms with Gasteiger partial charge in [-0.25, -0.2) is 0 Å². The van der Waals surface area contributed by atoms with E-state index in [0.717, 1.165) is 11.1 Å². The van der Waals surface area contributed by atoms with Crippen molar-refractivity contribution in [2.75, 3.05) is 19.8 Å². The van der Waals surface area contributed by atoms with Gasteiger partial charge in [-0.3, -0.25) is 19.3 Å². The number of unbranched alkanes of at least 4 members (excludes halogenated alkanes) is 2. The van der Waals surface area contributed by atoms with Gasteiger partial charge in [-0.05, 0) is 86.1 Å². The molecular formula is C34H40ClNO8. The molecule has 2 aromatic carbocycles. The number of halogens is 1. The number of hydrogen-bond donors (Lipinski definition) is 4. The number of ether oxygens (including phenoxy) is 1. The standard InChI is InChI=1S/C34H40ClNO8/c1-21(16-22-12-13-24(38)18-28(22)35)11-14-29(39)31-23(20-44-25-8-4-2-5-9-25)17-26-32(27(31)19-37)34(43)36(33(26)42)15-7-3-6-10-30(40)41/h2,4-5,8-9,12-13,16,18,26-27,29,32,37-39H,3,6-7,10-11,14-15,17,19-20H2,1H3,(H,40,41)/b21-16+/t26-,27+,29-,32-/m1/s1. The van der Waals surface area contributed by atoms with E-state index < -0.39 is 36.4 Å². The third-order valence-electron chi connectivity index (χ3n) is 8.46. The summed E-state index contributed by atoms with van der Waals surface area (Å²) < 4.78 is 6.04. The second-order valence-electron chi connectivity index (χ2n) is 11.6. The number of phenolic OH excluding ortho intramolecular Hbond substituents is 1. The normalized spacial score (nSPS) is 21.0. The minimum absolute atomic E-state index is 0.0340. The lowest BCUT2D eigenvalue weighted by Gasteiger charge is -2.36. The number of carboxylic acid groups (broad SMARTS) is 1. The highest BCUT2D eigenvalue weighted by Gasteiger charge is 2.54. The van der Waals surface area contributed by atoms with E-state index >= 15 is 0 Å². The number of phenols is 1. The number of aromatic hydroxyl groups is 1. The number of nitrogens with zero attached hydrogens (tertiary/aromatic N) is 1. The molecule has 1 fully saturated rings. The van der Waals surface area contributed by atoms with Gasteiger partial charge in [0.1, 0.15) is 18.1 Å². The number of likely N-dealkylation sites (tertiary alicyclic amines) is 1. The number of aliphatic carboxylic acids is 1. The molecule has 1 heterocycles. The van der Waals surface area contributed by atoms with Crippen LogP contribution in [0.15, 0.2) is 65.3 Å². The molecule has 0 saturated carbocycles. The molecule has 9 nitrogen and oxygen atoms in total. The van der Waals surface area contributed by atoms with Gasteiger partial charge in [0.05, 0.1) is 29.6 Å². The molecule has 1 aliphatic carbocycles. The lowest BCUT2D eigenvalue weighted by Crippen LogP contribution is -2.40. The Morgan fingerprint density at radius 1 is 1.09 bits per heavy atom. The van der Waals surface area contributed by atoms with Crippen LogP contribution in [0.1, 0.15) is 57.4 Å². The number of aliphatic hydroxyl groups is 2. The summed E-state index contributed by atoms with van der Waals surface area (Å²) >= 11 is 6.26. The Hall–Kier alpha value is -3.66. The number of aliphatic hydroxyl groups excluding tert-OH is 2. The fourth-order valence-electron chi connectivity index (χ4n) is 6.28. The molecule has 0 bridgehead atoms. The van der Waals surface area contributed by atoms with Crippen LogP contribution >= 0.6 is 11.6 Å². The van der Waals surface area contributed by atoms with Gasteiger partial charge in [0.2, 0.25) is 11.8 Å². The summed E-state index contributed by atoms with van der Waals surface area (Å²) in [6.07, 6.45) is 3.50. The zero-order valence-electron chi connectivity index (χ0n) is 24.8. The Bertz CT molecular complexity index is 1410. The lowest BCUT2D eigenvalue weighted by atomic mass is 9.68. The fraction of sp³-hybridized carbons (Fsp3) is 0.441. The van der Waals surface area contributed by atoms with E-state index in [2.05, 4.69) is 0 Å². The molecule has 236 valence electrons. The minimum atomic E-state index is -0.992. The molecule has 44 heavy (non-hydrogen) atoms. The predicted octanol–water partition coefficient (Wildman–Crippen LogP) is 5.22. The minimum Gasteiger partial charge on any atom is -0.508 e. The van der Waals surface area contributed by atoms with Gasteiger partial charge in [0.15, 0.2) is 0 Å². The Morgan fingerprint density at radius 3 is 2.52 bits per heavy atom. The molecule has 1 aliphatic heterocycles. The van der Waals surface area contributed by atoms with E-state index in [4.69, 9.17) is 21.4 Å². The summed E-state index contributed by atoms with van der Waals surface area (Å²) in [6, 6.07) is 13.9. The highest BCUT2D eigenvalue weighted by molar-refractivity contribution is 6.32. The number of carbonyl (C=O) groups is 3. The Kier molecular flexibility index (Phi) is 11.6. The zero-order valence-corrected chi connectivity index (χ0v) is 25.6. The molecule has 0 unspecified atom stereocenters. The van der Waals surface area contributed by atoms with Gasteiger partial charge in [-0.1, -0.05) is 47.9 Å². The summed E-state index contributed by atoms with van der Waals surface area (Å²) in [5.74, 6) is -3.05. The van der Waals surface area contributed by atoms with Gasteiger partial charge in [0.25, 0.3) is 0 Å². The first-order valence-corrected chi connectivity index (χ1v) is 15.4. The van der Waals surface area contributed by atoms with Gasteiger partial charge >= 0.3 is 5.97 Å². The second kappa shape index (κ2) is 15.4. The number of rotatable bonds is 15. The number of imide groups is 1. The number of para-hydroxylation sites is 1. The van der Waals surface area contributed by atoms with Crippen LogP contribution in [0, 0.1) is 17.8 Å². The maximum atomic E-state index is 13.6. The molecular weight excluding hydrogens is 586 g/mol. The van der Waals surface area contributed by atoms with Crippen LogP contribution in [0.4, 0.5) is 0 Å². The summed E-state index contributed by atoms with van der Waals surface area (Å²) in [4.78, 5) is 39.1. The van der Waals surface area contributed by atoms with E-state index in [1.165, 1.54) is 11.0 Å². The van der Waals surface area contributed by atoms with Crippen LogP contribution in [0.25, 0.3) is 6.08 Å². The number of fused-ring (bicyclic) bond motifs is 1. The Labute approximate surface area is 262 Å². The number of amides is 2. The topological polar surface area (TPSA) is 145 Å². The molecule has 0 aromatic heterocycles. The van der Waals surface area contributed by atoms with Crippen LogP contribution in [-0.4, -0.2) is 69.0 Å². The largest absolute Gasteiger partial charge is 0.508 e. The van der Waals surface area contributed by atoms with Crippen molar-refractivity contribution >= 4 is 35.5 Å². The van der Waals surface area contributed by atoms with Gasteiger partial charge in [0, 0.05) is 18.9 Å². The van der Waals surface area contributed by atoms with E-state index in [-0.39, 0.29) is 43.6 Å². The summed E-state index contributed by atoms with van der Waals surface area (Å²) in [6.45, 7) is 1.80. The Balaban J connectivity index is 1.55. The van der Waals surface area contributed by atoms with Crippen molar-refractivity contribution in [3.05, 3.63) is 75.8 Å². The van der Waals surface area contributed by atoms with Gasteiger partial charge in [-0.2, -0.15) is 0 Å². The average Bonchev–Trinajstić information content (AvgIpc) is 3.24. The molecule has 10 heteroatoms. The quantitative estimate of drug-likeness (QED) is 0.120. The van der Waals surface area contributed by atoms with Crippen molar-refractivity contribution in [1.82, 2.24) is 4.90 Å². The third-order valence-corrected chi connectivity index (χ3v) is 8.79. The molecule has 2 aromatic rings. The molecule has 0 spiro atoms. The first-order chi connectivity index (χ1) is 21.1. The number of hydrogen-bond acceptors (Lipinski definition) is 7. The average molecular weight is 626 g/mol.